The summed E-state index contributed by atoms with van der Waals surface area (Å²) in [4.78, 5) is 0. The Bertz CT molecular complexity index is 1370. The summed E-state index contributed by atoms with van der Waals surface area (Å²) in [6.07, 6.45) is 14.4. The molecule has 0 saturated heterocycles. The third-order valence-electron chi connectivity index (χ3n) is 9.30. The van der Waals surface area contributed by atoms with Gasteiger partial charge in [-0.2, -0.15) is 0 Å². The van der Waals surface area contributed by atoms with Crippen molar-refractivity contribution < 1.29 is 26.8 Å². The van der Waals surface area contributed by atoms with E-state index in [0.29, 0.717) is 21.5 Å². The van der Waals surface area contributed by atoms with Crippen molar-refractivity contribution >= 4 is 23.2 Å². The molecule has 0 saturated carbocycles. The van der Waals surface area contributed by atoms with Crippen LogP contribution < -0.4 is 5.63 Å². The third kappa shape index (κ3) is 5.93. The number of para-hydroxylation sites is 2. The zero-order valence-corrected chi connectivity index (χ0v) is 32.1. The maximum atomic E-state index is 7.75. The van der Waals surface area contributed by atoms with Crippen LogP contribution in [0.4, 0.5) is 0 Å². The van der Waals surface area contributed by atoms with Crippen LogP contribution in [0.1, 0.15) is 83.1 Å². The van der Waals surface area contributed by atoms with Crippen LogP contribution in [-0.2, 0) is 21.1 Å². The molecule has 2 nitrogen and oxygen atoms in total. The van der Waals surface area contributed by atoms with E-state index in [0.717, 1.165) is 0 Å². The molecular weight excluding hydrogens is 651 g/mol. The van der Waals surface area contributed by atoms with Crippen molar-refractivity contribution in [3.63, 3.8) is 0 Å². The summed E-state index contributed by atoms with van der Waals surface area (Å²) in [5.41, 5.74) is 1.84. The Labute approximate surface area is 276 Å². The van der Waals surface area contributed by atoms with Gasteiger partial charge in [0.25, 0.3) is 0 Å². The van der Waals surface area contributed by atoms with E-state index in [9.17, 15) is 0 Å². The van der Waals surface area contributed by atoms with Gasteiger partial charge in [0, 0.05) is 0 Å². The minimum absolute atomic E-state index is 0.0668. The SMILES string of the molecule is CC(C)(C)C1=C[C](C(C)(C)C)([Zr]([O]c2ccccc2Cl)([O]c2ccccc2Cl)[C]2(C(C)(C)C)C=CC(C(C)(C)C)=C2)C=C1. The van der Waals surface area contributed by atoms with E-state index in [2.05, 4.69) is 120 Å². The summed E-state index contributed by atoms with van der Waals surface area (Å²) >= 11 is 8.91. The third-order valence-corrected chi connectivity index (χ3v) is 23.0. The number of allylic oxidation sites excluding steroid dienone is 8. The molecule has 2 aliphatic carbocycles. The van der Waals surface area contributed by atoms with Gasteiger partial charge in [-0.3, -0.25) is 0 Å². The number of rotatable bonds is 6. The van der Waals surface area contributed by atoms with Crippen LogP contribution in [-0.4, -0.2) is 0 Å². The Morgan fingerprint density at radius 1 is 0.535 bits per heavy atom. The molecule has 43 heavy (non-hydrogen) atoms. The molecule has 0 amide bonds. The van der Waals surface area contributed by atoms with E-state index in [-0.39, 0.29) is 21.7 Å². The molecule has 0 bridgehead atoms. The van der Waals surface area contributed by atoms with Crippen molar-refractivity contribution in [3.05, 3.63) is 106 Å². The molecule has 2 aromatic carbocycles. The van der Waals surface area contributed by atoms with E-state index in [1.165, 1.54) is 11.1 Å². The first-order valence-corrected chi connectivity index (χ1v) is 20.5. The fourth-order valence-corrected chi connectivity index (χ4v) is 21.0. The predicted molar refractivity (Wildman–Crippen MR) is 182 cm³/mol. The van der Waals surface area contributed by atoms with E-state index in [1.54, 1.807) is 0 Å². The summed E-state index contributed by atoms with van der Waals surface area (Å²) in [5, 5.41) is 1.15. The van der Waals surface area contributed by atoms with E-state index >= 15 is 0 Å². The molecule has 2 aliphatic rings. The summed E-state index contributed by atoms with van der Waals surface area (Å²) in [7, 11) is 0. The second kappa shape index (κ2) is 11.4. The van der Waals surface area contributed by atoms with Gasteiger partial charge in [-0.05, 0) is 0 Å². The first-order chi connectivity index (χ1) is 19.6. The molecule has 4 rings (SSSR count). The quantitative estimate of drug-likeness (QED) is 0.299. The Hall–Kier alpha value is -1.54. The van der Waals surface area contributed by atoms with Gasteiger partial charge in [0.05, 0.1) is 0 Å². The number of hydrogen-bond donors (Lipinski definition) is 0. The summed E-state index contributed by atoms with van der Waals surface area (Å²) in [6, 6.07) is 15.6. The van der Waals surface area contributed by atoms with Crippen molar-refractivity contribution in [2.24, 2.45) is 21.7 Å². The molecule has 2 atom stereocenters. The molecule has 2 unspecified atom stereocenters. The zero-order valence-electron chi connectivity index (χ0n) is 28.2. The Balaban J connectivity index is 2.27. The van der Waals surface area contributed by atoms with Gasteiger partial charge >= 0.3 is 279 Å². The average Bonchev–Trinajstić information content (AvgIpc) is 3.53. The molecule has 0 radical (unpaired) electrons. The van der Waals surface area contributed by atoms with Crippen molar-refractivity contribution in [2.75, 3.05) is 0 Å². The van der Waals surface area contributed by atoms with Crippen molar-refractivity contribution in [2.45, 2.75) is 89.3 Å². The van der Waals surface area contributed by atoms with Gasteiger partial charge in [-0.15, -0.1) is 0 Å². The second-order valence-corrected chi connectivity index (χ2v) is 25.2. The van der Waals surface area contributed by atoms with Crippen LogP contribution >= 0.6 is 23.2 Å². The van der Waals surface area contributed by atoms with Gasteiger partial charge < -0.3 is 0 Å². The number of hydrogen-bond acceptors (Lipinski definition) is 2. The Kier molecular flexibility index (Phi) is 9.08. The summed E-state index contributed by atoms with van der Waals surface area (Å²) < 4.78 is 14.3. The fourth-order valence-electron chi connectivity index (χ4n) is 6.45. The van der Waals surface area contributed by atoms with E-state index in [4.69, 9.17) is 28.8 Å². The molecular formula is C38H50Cl2O2Zr. The van der Waals surface area contributed by atoms with Gasteiger partial charge in [0.15, 0.2) is 0 Å². The first kappa shape index (κ1) is 34.3. The van der Waals surface area contributed by atoms with Crippen molar-refractivity contribution in [1.82, 2.24) is 0 Å². The molecule has 5 heteroatoms. The van der Waals surface area contributed by atoms with Crippen LogP contribution in [0, 0.1) is 21.7 Å². The maximum absolute atomic E-state index is 7.75. The Morgan fingerprint density at radius 2 is 0.860 bits per heavy atom. The van der Waals surface area contributed by atoms with E-state index < -0.39 is 27.4 Å². The van der Waals surface area contributed by atoms with Crippen LogP contribution in [0.3, 0.4) is 0 Å². The van der Waals surface area contributed by atoms with Crippen LogP contribution in [0.5, 0.6) is 11.5 Å². The molecule has 0 spiro atoms. The number of halogens is 2. The molecule has 0 N–H and O–H groups in total. The van der Waals surface area contributed by atoms with Gasteiger partial charge in [0.1, 0.15) is 0 Å². The van der Waals surface area contributed by atoms with Crippen molar-refractivity contribution in [1.29, 1.82) is 0 Å². The van der Waals surface area contributed by atoms with Gasteiger partial charge in [0.2, 0.25) is 0 Å². The molecule has 232 valence electrons. The molecule has 0 heterocycles. The first-order valence-electron chi connectivity index (χ1n) is 15.3. The molecule has 0 fully saturated rings. The van der Waals surface area contributed by atoms with Crippen LogP contribution in [0.2, 0.25) is 16.3 Å². The number of benzene rings is 2. The van der Waals surface area contributed by atoms with Gasteiger partial charge in [-0.25, -0.2) is 0 Å². The van der Waals surface area contributed by atoms with Crippen molar-refractivity contribution in [3.8, 4) is 11.5 Å². The van der Waals surface area contributed by atoms with E-state index in [1.807, 2.05) is 48.5 Å². The minimum atomic E-state index is -5.01. The average molecular weight is 701 g/mol. The molecule has 0 aliphatic heterocycles. The standard InChI is InChI=1S/2C13H21.2C6H5ClO.Zr/c2*1-12(2,3)10-7-8-11(9-10)13(4,5)6;2*7-5-3-1-2-4-6(5)8;/h2*7-9H,1-6H3;2*1-4,8H;/q;;;;+2/p-2. The predicted octanol–water partition coefficient (Wildman–Crippen LogP) is 12.9. The summed E-state index contributed by atoms with van der Waals surface area (Å²) in [6.45, 7) is 27.6. The topological polar surface area (TPSA) is 18.5 Å². The monoisotopic (exact) mass is 698 g/mol. The van der Waals surface area contributed by atoms with Gasteiger partial charge in [-0.1, -0.05) is 0 Å². The summed E-state index contributed by atoms with van der Waals surface area (Å²) in [5.74, 6) is 1.30. The fraction of sp³-hybridized carbons (Fsp3) is 0.474. The Morgan fingerprint density at radius 3 is 1.12 bits per heavy atom. The van der Waals surface area contributed by atoms with Crippen LogP contribution in [0.25, 0.3) is 0 Å². The molecule has 2 aromatic rings. The zero-order chi connectivity index (χ0) is 32.3. The second-order valence-electron chi connectivity index (χ2n) is 16.3. The molecule has 0 aromatic heterocycles. The normalized spacial score (nSPS) is 22.9. The van der Waals surface area contributed by atoms with Crippen LogP contribution in [0.15, 0.2) is 96.1 Å².